The number of halogens is 2. The van der Waals surface area contributed by atoms with Gasteiger partial charge in [-0.2, -0.15) is 4.98 Å². The Morgan fingerprint density at radius 2 is 1.71 bits per heavy atom. The highest BCUT2D eigenvalue weighted by molar-refractivity contribution is 9.10. The van der Waals surface area contributed by atoms with Crippen molar-refractivity contribution in [2.75, 3.05) is 30.4 Å². The first-order valence-electron chi connectivity index (χ1n) is 11.2. The third-order valence-electron chi connectivity index (χ3n) is 5.95. The number of pyridine rings is 1. The van der Waals surface area contributed by atoms with Crippen LogP contribution in [-0.2, 0) is 0 Å². The first kappa shape index (κ1) is 25.0. The lowest BCUT2D eigenvalue weighted by Gasteiger charge is -2.32. The van der Waals surface area contributed by atoms with Gasteiger partial charge in [0.05, 0.1) is 9.99 Å². The molecule has 0 saturated carbocycles. The smallest absolute Gasteiger partial charge is 0.261 e. The Kier molecular flexibility index (Phi) is 7.90. The Morgan fingerprint density at radius 3 is 2.43 bits per heavy atom. The average molecular weight is 558 g/mol. The lowest BCUT2D eigenvalue weighted by atomic mass is 10.1. The monoisotopic (exact) mass is 556 g/mol. The minimum atomic E-state index is -0.249. The van der Waals surface area contributed by atoms with Crippen LogP contribution in [0.3, 0.4) is 0 Å². The molecular weight excluding hydrogens is 532 g/mol. The maximum Gasteiger partial charge on any atom is 0.261 e. The Bertz CT molecular complexity index is 1340. The summed E-state index contributed by atoms with van der Waals surface area (Å²) < 4.78 is 6.59. The van der Waals surface area contributed by atoms with E-state index < -0.39 is 0 Å². The SMILES string of the molecule is CN(c1nc(Nc2ccc(Oc3ccccc3)cc2)c2c(=O)[nH]cc(Br)c2n1)C1CCNCC1.Cl. The van der Waals surface area contributed by atoms with Crippen molar-refractivity contribution < 1.29 is 4.74 Å². The second-order valence-electron chi connectivity index (χ2n) is 8.22. The molecule has 0 radical (unpaired) electrons. The zero-order valence-corrected chi connectivity index (χ0v) is 21.5. The van der Waals surface area contributed by atoms with E-state index in [0.717, 1.165) is 43.1 Å². The molecule has 0 aliphatic carbocycles. The summed E-state index contributed by atoms with van der Waals surface area (Å²) in [5.74, 6) is 2.53. The van der Waals surface area contributed by atoms with E-state index in [9.17, 15) is 4.79 Å². The quantitative estimate of drug-likeness (QED) is 0.299. The zero-order valence-electron chi connectivity index (χ0n) is 19.1. The highest BCUT2D eigenvalue weighted by Gasteiger charge is 2.22. The van der Waals surface area contributed by atoms with E-state index >= 15 is 0 Å². The summed E-state index contributed by atoms with van der Waals surface area (Å²) in [6.45, 7) is 1.93. The van der Waals surface area contributed by atoms with Crippen LogP contribution < -0.4 is 25.8 Å². The molecule has 0 spiro atoms. The molecule has 3 N–H and O–H groups in total. The van der Waals surface area contributed by atoms with Crippen LogP contribution in [0.2, 0.25) is 0 Å². The third kappa shape index (κ3) is 5.58. The molecule has 1 fully saturated rings. The van der Waals surface area contributed by atoms with E-state index in [0.29, 0.717) is 33.2 Å². The second kappa shape index (κ2) is 11.1. The van der Waals surface area contributed by atoms with Crippen LogP contribution in [0.5, 0.6) is 11.5 Å². The Labute approximate surface area is 217 Å². The molecule has 1 aliphatic heterocycles. The maximum atomic E-state index is 12.7. The minimum Gasteiger partial charge on any atom is -0.457 e. The number of aromatic nitrogens is 3. The van der Waals surface area contributed by atoms with Crippen LogP contribution in [0.25, 0.3) is 10.9 Å². The number of nitrogens with zero attached hydrogens (tertiary/aromatic N) is 3. The van der Waals surface area contributed by atoms with Gasteiger partial charge in [-0.15, -0.1) is 12.4 Å². The van der Waals surface area contributed by atoms with Gasteiger partial charge in [-0.1, -0.05) is 18.2 Å². The Morgan fingerprint density at radius 1 is 1.03 bits per heavy atom. The summed E-state index contributed by atoms with van der Waals surface area (Å²) in [5, 5.41) is 7.11. The van der Waals surface area contributed by atoms with Crippen molar-refractivity contribution in [1.82, 2.24) is 20.3 Å². The van der Waals surface area contributed by atoms with Crippen molar-refractivity contribution in [1.29, 1.82) is 0 Å². The van der Waals surface area contributed by atoms with Gasteiger partial charge in [0.25, 0.3) is 5.56 Å². The molecular formula is C25H26BrClN6O2. The fraction of sp³-hybridized carbons (Fsp3) is 0.240. The largest absolute Gasteiger partial charge is 0.457 e. The third-order valence-corrected chi connectivity index (χ3v) is 6.55. The van der Waals surface area contributed by atoms with E-state index in [-0.39, 0.29) is 18.0 Å². The number of hydrogen-bond donors (Lipinski definition) is 3. The predicted molar refractivity (Wildman–Crippen MR) is 146 cm³/mol. The molecule has 0 amide bonds. The number of H-pyrrole nitrogens is 1. The van der Waals surface area contributed by atoms with Crippen LogP contribution in [0.15, 0.2) is 70.1 Å². The first-order valence-corrected chi connectivity index (χ1v) is 12.0. The summed E-state index contributed by atoms with van der Waals surface area (Å²) >= 11 is 3.54. The van der Waals surface area contributed by atoms with E-state index in [4.69, 9.17) is 14.7 Å². The molecule has 1 aliphatic rings. The molecule has 3 heterocycles. The van der Waals surface area contributed by atoms with Gasteiger partial charge < -0.3 is 25.3 Å². The Hall–Kier alpha value is -3.14. The molecule has 1 saturated heterocycles. The summed E-state index contributed by atoms with van der Waals surface area (Å²) in [6.07, 6.45) is 3.64. The molecule has 2 aromatic heterocycles. The number of rotatable bonds is 6. The van der Waals surface area contributed by atoms with Gasteiger partial charge in [-0.05, 0) is 78.3 Å². The van der Waals surface area contributed by atoms with Crippen LogP contribution in [0, 0.1) is 0 Å². The van der Waals surface area contributed by atoms with Crippen LogP contribution in [0.1, 0.15) is 12.8 Å². The normalized spacial score (nSPS) is 13.8. The van der Waals surface area contributed by atoms with Crippen molar-refractivity contribution in [3.8, 4) is 11.5 Å². The van der Waals surface area contributed by atoms with E-state index in [1.807, 2.05) is 61.6 Å². The molecule has 35 heavy (non-hydrogen) atoms. The second-order valence-corrected chi connectivity index (χ2v) is 9.07. The molecule has 2 aromatic carbocycles. The van der Waals surface area contributed by atoms with Gasteiger partial charge in [0.15, 0.2) is 0 Å². The minimum absolute atomic E-state index is 0. The highest BCUT2D eigenvalue weighted by Crippen LogP contribution is 2.30. The van der Waals surface area contributed by atoms with Gasteiger partial charge in [0.2, 0.25) is 5.95 Å². The topological polar surface area (TPSA) is 95.2 Å². The van der Waals surface area contributed by atoms with Crippen molar-refractivity contribution >= 4 is 56.7 Å². The molecule has 10 heteroatoms. The molecule has 0 atom stereocenters. The summed E-state index contributed by atoms with van der Waals surface area (Å²) in [7, 11) is 2.01. The number of para-hydroxylation sites is 1. The van der Waals surface area contributed by atoms with E-state index in [1.165, 1.54) is 0 Å². The van der Waals surface area contributed by atoms with Gasteiger partial charge in [-0.3, -0.25) is 4.79 Å². The average Bonchev–Trinajstić information content (AvgIpc) is 2.88. The molecule has 8 nitrogen and oxygen atoms in total. The number of anilines is 3. The molecule has 5 rings (SSSR count). The number of piperidine rings is 1. The molecule has 0 bridgehead atoms. The van der Waals surface area contributed by atoms with E-state index in [2.05, 4.69) is 36.4 Å². The van der Waals surface area contributed by atoms with Crippen molar-refractivity contribution in [3.05, 3.63) is 75.6 Å². The number of hydrogen-bond acceptors (Lipinski definition) is 7. The highest BCUT2D eigenvalue weighted by atomic mass is 79.9. The lowest BCUT2D eigenvalue weighted by molar-refractivity contribution is 0.440. The summed E-state index contributed by atoms with van der Waals surface area (Å²) in [5.41, 5.74) is 1.11. The number of benzene rings is 2. The zero-order chi connectivity index (χ0) is 23.5. The Balaban J connectivity index is 0.00000289. The van der Waals surface area contributed by atoms with Gasteiger partial charge in [0.1, 0.15) is 22.7 Å². The van der Waals surface area contributed by atoms with Crippen LogP contribution in [-0.4, -0.2) is 41.1 Å². The van der Waals surface area contributed by atoms with Gasteiger partial charge in [0, 0.05) is 25.0 Å². The first-order chi connectivity index (χ1) is 16.6. The van der Waals surface area contributed by atoms with E-state index in [1.54, 1.807) is 6.20 Å². The predicted octanol–water partition coefficient (Wildman–Crippen LogP) is 5.23. The van der Waals surface area contributed by atoms with Gasteiger partial charge in [-0.25, -0.2) is 4.98 Å². The fourth-order valence-corrected chi connectivity index (χ4v) is 4.48. The van der Waals surface area contributed by atoms with Crippen molar-refractivity contribution in [3.63, 3.8) is 0 Å². The van der Waals surface area contributed by atoms with Crippen LogP contribution >= 0.6 is 28.3 Å². The molecule has 182 valence electrons. The number of fused-ring (bicyclic) bond motifs is 1. The van der Waals surface area contributed by atoms with Crippen LogP contribution in [0.4, 0.5) is 17.5 Å². The molecule has 0 unspecified atom stereocenters. The van der Waals surface area contributed by atoms with Crippen molar-refractivity contribution in [2.24, 2.45) is 0 Å². The molecule has 4 aromatic rings. The maximum absolute atomic E-state index is 12.7. The standard InChI is InChI=1S/C25H25BrN6O2.ClH/c1-32(17-11-13-27-14-12-17)25-30-22-20(26)15-28-24(33)21(22)23(31-25)29-16-7-9-19(10-8-16)34-18-5-3-2-4-6-18;/h2-10,15,17,27H,11-14H2,1H3,(H,28,33)(H,29,30,31);1H. The lowest BCUT2D eigenvalue weighted by Crippen LogP contribution is -2.42. The number of ether oxygens (including phenoxy) is 1. The summed E-state index contributed by atoms with van der Waals surface area (Å²) in [6, 6.07) is 17.5. The van der Waals surface area contributed by atoms with Crippen molar-refractivity contribution in [2.45, 2.75) is 18.9 Å². The number of aromatic amines is 1. The summed E-state index contributed by atoms with van der Waals surface area (Å²) in [4.78, 5) is 27.1. The van der Waals surface area contributed by atoms with Gasteiger partial charge >= 0.3 is 0 Å². The fourth-order valence-electron chi connectivity index (χ4n) is 4.08. The number of nitrogens with one attached hydrogen (secondary N) is 3.